The summed E-state index contributed by atoms with van der Waals surface area (Å²) in [4.78, 5) is 18.0. The number of thioether (sulfide) groups is 1. The summed E-state index contributed by atoms with van der Waals surface area (Å²) in [5.41, 5.74) is 3.25. The molecule has 0 amide bonds. The Labute approximate surface area is 197 Å². The SMILES string of the molecule is Cc1ccccc1-n1c(=O)c2ccccc2n2c(SCc3nc(-c4ccccc4)no3)nnc12. The Kier molecular flexibility index (Phi) is 4.96. The van der Waals surface area contributed by atoms with Gasteiger partial charge in [-0.1, -0.05) is 77.6 Å². The molecule has 3 aromatic heterocycles. The summed E-state index contributed by atoms with van der Waals surface area (Å²) in [5.74, 6) is 1.90. The van der Waals surface area contributed by atoms with E-state index in [1.807, 2.05) is 90.2 Å². The number of hydrogen-bond donors (Lipinski definition) is 0. The van der Waals surface area contributed by atoms with Crippen LogP contribution in [0, 0.1) is 6.92 Å². The first-order valence-electron chi connectivity index (χ1n) is 10.7. The fourth-order valence-electron chi connectivity index (χ4n) is 3.95. The van der Waals surface area contributed by atoms with Gasteiger partial charge >= 0.3 is 0 Å². The third-order valence-corrected chi connectivity index (χ3v) is 6.49. The minimum atomic E-state index is -0.134. The molecule has 34 heavy (non-hydrogen) atoms. The maximum absolute atomic E-state index is 13.5. The first kappa shape index (κ1) is 20.4. The lowest BCUT2D eigenvalue weighted by Gasteiger charge is -2.13. The van der Waals surface area contributed by atoms with Crippen molar-refractivity contribution in [3.8, 4) is 17.1 Å². The molecule has 3 aromatic carbocycles. The number of rotatable bonds is 5. The molecule has 0 bridgehead atoms. The maximum Gasteiger partial charge on any atom is 0.267 e. The van der Waals surface area contributed by atoms with Crippen LogP contribution >= 0.6 is 11.8 Å². The van der Waals surface area contributed by atoms with Crippen molar-refractivity contribution in [1.29, 1.82) is 0 Å². The van der Waals surface area contributed by atoms with E-state index in [1.165, 1.54) is 11.8 Å². The summed E-state index contributed by atoms with van der Waals surface area (Å²) in [6.45, 7) is 1.97. The summed E-state index contributed by atoms with van der Waals surface area (Å²) < 4.78 is 8.98. The number of nitrogens with zero attached hydrogens (tertiary/aromatic N) is 6. The normalized spacial score (nSPS) is 11.4. The van der Waals surface area contributed by atoms with Crippen molar-refractivity contribution in [1.82, 2.24) is 29.3 Å². The molecule has 166 valence electrons. The number of benzene rings is 3. The second-order valence-corrected chi connectivity index (χ2v) is 8.67. The lowest BCUT2D eigenvalue weighted by atomic mass is 10.2. The highest BCUT2D eigenvalue weighted by Gasteiger charge is 2.19. The van der Waals surface area contributed by atoms with E-state index in [1.54, 1.807) is 4.57 Å². The number of fused-ring (bicyclic) bond motifs is 3. The third kappa shape index (κ3) is 3.37. The van der Waals surface area contributed by atoms with E-state index in [0.717, 1.165) is 22.3 Å². The molecule has 3 heterocycles. The van der Waals surface area contributed by atoms with Crippen LogP contribution in [0.4, 0.5) is 0 Å². The van der Waals surface area contributed by atoms with Gasteiger partial charge in [0.2, 0.25) is 17.5 Å². The Morgan fingerprint density at radius 3 is 2.53 bits per heavy atom. The van der Waals surface area contributed by atoms with E-state index < -0.39 is 0 Å². The van der Waals surface area contributed by atoms with Gasteiger partial charge in [0.05, 0.1) is 22.3 Å². The van der Waals surface area contributed by atoms with Crippen molar-refractivity contribution in [2.75, 3.05) is 0 Å². The van der Waals surface area contributed by atoms with Gasteiger partial charge in [-0.15, -0.1) is 10.2 Å². The molecular weight excluding hydrogens is 448 g/mol. The smallest absolute Gasteiger partial charge is 0.267 e. The molecule has 8 nitrogen and oxygen atoms in total. The summed E-state index contributed by atoms with van der Waals surface area (Å²) in [7, 11) is 0. The molecule has 0 unspecified atom stereocenters. The van der Waals surface area contributed by atoms with Crippen LogP contribution in [0.15, 0.2) is 93.3 Å². The van der Waals surface area contributed by atoms with Crippen LogP contribution in [0.25, 0.3) is 33.8 Å². The van der Waals surface area contributed by atoms with Gasteiger partial charge in [0.1, 0.15) is 0 Å². The Bertz CT molecular complexity index is 1700. The first-order chi connectivity index (χ1) is 16.7. The first-order valence-corrected chi connectivity index (χ1v) is 11.6. The van der Waals surface area contributed by atoms with Crippen LogP contribution in [0.2, 0.25) is 0 Å². The minimum absolute atomic E-state index is 0.134. The van der Waals surface area contributed by atoms with Gasteiger partial charge in [-0.05, 0) is 30.7 Å². The van der Waals surface area contributed by atoms with Crippen LogP contribution in [0.3, 0.4) is 0 Å². The molecule has 0 saturated carbocycles. The number of para-hydroxylation sites is 2. The third-order valence-electron chi connectivity index (χ3n) is 5.58. The largest absolute Gasteiger partial charge is 0.338 e. The van der Waals surface area contributed by atoms with Crippen molar-refractivity contribution in [3.05, 3.63) is 101 Å². The van der Waals surface area contributed by atoms with Gasteiger partial charge in [-0.2, -0.15) is 4.98 Å². The zero-order chi connectivity index (χ0) is 23.1. The Morgan fingerprint density at radius 2 is 1.68 bits per heavy atom. The molecule has 0 saturated heterocycles. The molecule has 0 aliphatic heterocycles. The van der Waals surface area contributed by atoms with E-state index in [2.05, 4.69) is 20.3 Å². The van der Waals surface area contributed by atoms with Crippen molar-refractivity contribution in [2.24, 2.45) is 0 Å². The minimum Gasteiger partial charge on any atom is -0.338 e. The number of hydrogen-bond acceptors (Lipinski definition) is 7. The number of aryl methyl sites for hydroxylation is 1. The Morgan fingerprint density at radius 1 is 0.912 bits per heavy atom. The average Bonchev–Trinajstić information content (AvgIpc) is 3.52. The van der Waals surface area contributed by atoms with Crippen molar-refractivity contribution in [2.45, 2.75) is 17.8 Å². The molecule has 0 aliphatic carbocycles. The summed E-state index contributed by atoms with van der Waals surface area (Å²) in [6.07, 6.45) is 0. The second kappa shape index (κ2) is 8.27. The Hall–Kier alpha value is -4.24. The predicted molar refractivity (Wildman–Crippen MR) is 130 cm³/mol. The molecule has 0 aliphatic rings. The molecule has 9 heteroatoms. The maximum atomic E-state index is 13.5. The molecule has 0 N–H and O–H groups in total. The molecule has 6 aromatic rings. The second-order valence-electron chi connectivity index (χ2n) is 7.73. The van der Waals surface area contributed by atoms with Gasteiger partial charge in [-0.25, -0.2) is 4.57 Å². The lowest BCUT2D eigenvalue weighted by molar-refractivity contribution is 0.391. The van der Waals surface area contributed by atoms with Crippen molar-refractivity contribution >= 4 is 28.4 Å². The van der Waals surface area contributed by atoms with Gasteiger partial charge in [-0.3, -0.25) is 9.20 Å². The highest BCUT2D eigenvalue weighted by Crippen LogP contribution is 2.26. The molecule has 0 spiro atoms. The van der Waals surface area contributed by atoms with E-state index in [-0.39, 0.29) is 5.56 Å². The average molecular weight is 467 g/mol. The highest BCUT2D eigenvalue weighted by molar-refractivity contribution is 7.98. The predicted octanol–water partition coefficient (Wildman–Crippen LogP) is 4.68. The van der Waals surface area contributed by atoms with Crippen LogP contribution in [0.1, 0.15) is 11.5 Å². The van der Waals surface area contributed by atoms with Gasteiger partial charge in [0.25, 0.3) is 5.56 Å². The van der Waals surface area contributed by atoms with Crippen molar-refractivity contribution < 1.29 is 4.52 Å². The molecular formula is C25H18N6O2S. The molecule has 6 rings (SSSR count). The zero-order valence-corrected chi connectivity index (χ0v) is 18.9. The van der Waals surface area contributed by atoms with Crippen LogP contribution < -0.4 is 5.56 Å². The fourth-order valence-corrected chi connectivity index (χ4v) is 4.73. The van der Waals surface area contributed by atoms with E-state index >= 15 is 0 Å². The van der Waals surface area contributed by atoms with E-state index in [9.17, 15) is 4.79 Å². The monoisotopic (exact) mass is 466 g/mol. The van der Waals surface area contributed by atoms with Crippen LogP contribution in [-0.4, -0.2) is 29.3 Å². The van der Waals surface area contributed by atoms with E-state index in [4.69, 9.17) is 4.52 Å². The summed E-state index contributed by atoms with van der Waals surface area (Å²) in [5, 5.41) is 14.1. The van der Waals surface area contributed by atoms with Crippen molar-refractivity contribution in [3.63, 3.8) is 0 Å². The van der Waals surface area contributed by atoms with Crippen LogP contribution in [0.5, 0.6) is 0 Å². The van der Waals surface area contributed by atoms with Gasteiger partial charge in [0, 0.05) is 5.56 Å². The Balaban J connectivity index is 1.44. The lowest BCUT2D eigenvalue weighted by Crippen LogP contribution is -2.22. The van der Waals surface area contributed by atoms with Gasteiger partial charge in [0.15, 0.2) is 5.16 Å². The molecule has 0 fully saturated rings. The zero-order valence-electron chi connectivity index (χ0n) is 18.1. The summed E-state index contributed by atoms with van der Waals surface area (Å²) in [6, 6.07) is 24.9. The fraction of sp³-hybridized carbons (Fsp3) is 0.0800. The van der Waals surface area contributed by atoms with Gasteiger partial charge < -0.3 is 4.52 Å². The topological polar surface area (TPSA) is 91.1 Å². The summed E-state index contributed by atoms with van der Waals surface area (Å²) >= 11 is 1.42. The quantitative estimate of drug-likeness (QED) is 0.341. The van der Waals surface area contributed by atoms with E-state index in [0.29, 0.717) is 33.8 Å². The number of aromatic nitrogens is 6. The standard InChI is InChI=1S/C25H18N6O2S/c1-16-9-5-7-13-19(16)30-23(32)18-12-6-8-14-20(18)31-24(30)27-28-25(31)34-15-21-26-22(29-33-21)17-10-3-2-4-11-17/h2-14H,15H2,1H3. The van der Waals surface area contributed by atoms with Crippen LogP contribution in [-0.2, 0) is 5.75 Å². The highest BCUT2D eigenvalue weighted by atomic mass is 32.2. The molecule has 0 atom stereocenters. The molecule has 0 radical (unpaired) electrons.